The van der Waals surface area contributed by atoms with Crippen LogP contribution in [-0.4, -0.2) is 6.61 Å². The average Bonchev–Trinajstić information content (AvgIpc) is 2.43. The third-order valence-electron chi connectivity index (χ3n) is 2.95. The van der Waals surface area contributed by atoms with Crippen molar-refractivity contribution in [3.8, 4) is 5.75 Å². The molecule has 0 fully saturated rings. The van der Waals surface area contributed by atoms with Crippen molar-refractivity contribution in [3.63, 3.8) is 0 Å². The third-order valence-corrected chi connectivity index (χ3v) is 3.62. The van der Waals surface area contributed by atoms with Crippen LogP contribution in [0.3, 0.4) is 0 Å². The fraction of sp³-hybridized carbons (Fsp3) is 0.125. The molecule has 0 saturated heterocycles. The lowest BCUT2D eigenvalue weighted by atomic mass is 10.0. The summed E-state index contributed by atoms with van der Waals surface area (Å²) in [6, 6.07) is 7.41. The number of halogens is 3. The number of nitrogen functional groups attached to an aromatic ring is 1. The van der Waals surface area contributed by atoms with Gasteiger partial charge < -0.3 is 10.5 Å². The van der Waals surface area contributed by atoms with Crippen LogP contribution in [0.4, 0.5) is 14.5 Å². The number of ether oxygens (including phenoxy) is 1. The molecule has 0 aromatic heterocycles. The summed E-state index contributed by atoms with van der Waals surface area (Å²) < 4.78 is 33.7. The maximum absolute atomic E-state index is 13.9. The maximum atomic E-state index is 13.9. The predicted molar refractivity (Wildman–Crippen MR) is 88.4 cm³/mol. The Kier molecular flexibility index (Phi) is 5.17. The van der Waals surface area contributed by atoms with E-state index in [0.717, 1.165) is 3.57 Å². The Bertz CT molecular complexity index is 674. The molecule has 0 spiro atoms. The minimum absolute atomic E-state index is 0.205. The zero-order chi connectivity index (χ0) is 15.4. The van der Waals surface area contributed by atoms with Crippen molar-refractivity contribution in [1.29, 1.82) is 0 Å². The molecule has 0 saturated carbocycles. The van der Waals surface area contributed by atoms with Crippen LogP contribution in [0.1, 0.15) is 11.1 Å². The molecule has 0 heterocycles. The minimum atomic E-state index is -0.468. The van der Waals surface area contributed by atoms with Crippen LogP contribution >= 0.6 is 22.6 Å². The van der Waals surface area contributed by atoms with Crippen LogP contribution in [0.2, 0.25) is 0 Å². The number of hydrogen-bond acceptors (Lipinski definition) is 2. The SMILES string of the molecule is C=CCOc1cc(F)cc(Cc2ccc(I)cc2F)c1N. The number of anilines is 1. The van der Waals surface area contributed by atoms with Gasteiger partial charge in [0.15, 0.2) is 0 Å². The summed E-state index contributed by atoms with van der Waals surface area (Å²) in [6.45, 7) is 3.76. The van der Waals surface area contributed by atoms with Gasteiger partial charge in [-0.25, -0.2) is 8.78 Å². The Morgan fingerprint density at radius 3 is 2.62 bits per heavy atom. The first kappa shape index (κ1) is 15.8. The van der Waals surface area contributed by atoms with E-state index in [0.29, 0.717) is 16.8 Å². The topological polar surface area (TPSA) is 35.2 Å². The first-order valence-electron chi connectivity index (χ1n) is 6.26. The number of hydrogen-bond donors (Lipinski definition) is 1. The van der Waals surface area contributed by atoms with Crippen LogP contribution in [0, 0.1) is 15.2 Å². The van der Waals surface area contributed by atoms with E-state index in [1.54, 1.807) is 18.2 Å². The molecular formula is C16H14F2INO. The average molecular weight is 401 g/mol. The van der Waals surface area contributed by atoms with E-state index in [4.69, 9.17) is 10.5 Å². The lowest BCUT2D eigenvalue weighted by Crippen LogP contribution is -2.04. The number of rotatable bonds is 5. The predicted octanol–water partition coefficient (Wildman–Crippen LogP) is 4.31. The van der Waals surface area contributed by atoms with Crippen molar-refractivity contribution in [2.45, 2.75) is 6.42 Å². The van der Waals surface area contributed by atoms with Crippen LogP contribution in [0.25, 0.3) is 0 Å². The highest BCUT2D eigenvalue weighted by molar-refractivity contribution is 14.1. The Balaban J connectivity index is 2.34. The molecule has 2 aromatic carbocycles. The van der Waals surface area contributed by atoms with Gasteiger partial charge in [-0.1, -0.05) is 18.7 Å². The van der Waals surface area contributed by atoms with Gasteiger partial charge in [0.2, 0.25) is 0 Å². The van der Waals surface area contributed by atoms with E-state index in [2.05, 4.69) is 6.58 Å². The van der Waals surface area contributed by atoms with Crippen molar-refractivity contribution in [2.75, 3.05) is 12.3 Å². The third kappa shape index (κ3) is 3.93. The van der Waals surface area contributed by atoms with Crippen LogP contribution in [0.5, 0.6) is 5.75 Å². The van der Waals surface area contributed by atoms with Crippen molar-refractivity contribution in [1.82, 2.24) is 0 Å². The van der Waals surface area contributed by atoms with Gasteiger partial charge in [0.05, 0.1) is 5.69 Å². The molecule has 5 heteroatoms. The smallest absolute Gasteiger partial charge is 0.145 e. The number of nitrogens with two attached hydrogens (primary N) is 1. The molecule has 2 nitrogen and oxygen atoms in total. The molecule has 2 N–H and O–H groups in total. The monoisotopic (exact) mass is 401 g/mol. The molecule has 21 heavy (non-hydrogen) atoms. The van der Waals surface area contributed by atoms with Gasteiger partial charge in [-0.2, -0.15) is 0 Å². The molecule has 0 bridgehead atoms. The second-order valence-corrected chi connectivity index (χ2v) is 5.73. The van der Waals surface area contributed by atoms with Gasteiger partial charge in [0.25, 0.3) is 0 Å². The summed E-state index contributed by atoms with van der Waals surface area (Å²) in [6.07, 6.45) is 1.75. The quantitative estimate of drug-likeness (QED) is 0.461. The Labute approximate surface area is 135 Å². The van der Waals surface area contributed by atoms with E-state index < -0.39 is 5.82 Å². The van der Waals surface area contributed by atoms with E-state index in [-0.39, 0.29) is 24.6 Å². The van der Waals surface area contributed by atoms with Crippen molar-refractivity contribution >= 4 is 28.3 Å². The van der Waals surface area contributed by atoms with E-state index in [1.165, 1.54) is 18.2 Å². The van der Waals surface area contributed by atoms with Gasteiger partial charge in [0.1, 0.15) is 24.0 Å². The van der Waals surface area contributed by atoms with Gasteiger partial charge in [-0.15, -0.1) is 0 Å². The molecule has 0 aliphatic heterocycles. The largest absolute Gasteiger partial charge is 0.487 e. The van der Waals surface area contributed by atoms with Gasteiger partial charge in [0, 0.05) is 16.1 Å². The van der Waals surface area contributed by atoms with E-state index in [1.807, 2.05) is 22.6 Å². The molecule has 2 rings (SSSR count). The fourth-order valence-electron chi connectivity index (χ4n) is 1.93. The molecule has 0 unspecified atom stereocenters. The standard InChI is InChI=1S/C16H14F2INO/c1-2-5-21-15-8-12(17)7-11(16(15)20)6-10-3-4-13(19)9-14(10)18/h2-4,7-9H,1,5-6,20H2. The first-order valence-corrected chi connectivity index (χ1v) is 7.34. The second-order valence-electron chi connectivity index (χ2n) is 4.49. The molecule has 0 amide bonds. The molecule has 0 aliphatic rings. The first-order chi connectivity index (χ1) is 10.0. The summed E-state index contributed by atoms with van der Waals surface area (Å²) in [5, 5.41) is 0. The highest BCUT2D eigenvalue weighted by atomic mass is 127. The summed E-state index contributed by atoms with van der Waals surface area (Å²) in [7, 11) is 0. The minimum Gasteiger partial charge on any atom is -0.487 e. The van der Waals surface area contributed by atoms with Crippen molar-refractivity contribution in [2.24, 2.45) is 0 Å². The van der Waals surface area contributed by atoms with Crippen molar-refractivity contribution in [3.05, 3.63) is 69.3 Å². The van der Waals surface area contributed by atoms with Gasteiger partial charge in [-0.05, 0) is 51.9 Å². The molecule has 0 radical (unpaired) electrons. The Hall–Kier alpha value is -1.63. The van der Waals surface area contributed by atoms with Gasteiger partial charge >= 0.3 is 0 Å². The summed E-state index contributed by atoms with van der Waals surface area (Å²) in [5.41, 5.74) is 7.24. The molecular weight excluding hydrogens is 387 g/mol. The lowest BCUT2D eigenvalue weighted by molar-refractivity contribution is 0.362. The maximum Gasteiger partial charge on any atom is 0.145 e. The molecule has 2 aromatic rings. The highest BCUT2D eigenvalue weighted by Gasteiger charge is 2.12. The van der Waals surface area contributed by atoms with Crippen LogP contribution in [0.15, 0.2) is 43.0 Å². The zero-order valence-electron chi connectivity index (χ0n) is 11.2. The molecule has 0 aliphatic carbocycles. The van der Waals surface area contributed by atoms with E-state index >= 15 is 0 Å². The number of benzene rings is 2. The Morgan fingerprint density at radius 1 is 1.19 bits per heavy atom. The second kappa shape index (κ2) is 6.89. The van der Waals surface area contributed by atoms with Crippen LogP contribution in [-0.2, 0) is 6.42 Å². The van der Waals surface area contributed by atoms with Crippen molar-refractivity contribution < 1.29 is 13.5 Å². The van der Waals surface area contributed by atoms with E-state index in [9.17, 15) is 8.78 Å². The Morgan fingerprint density at radius 2 is 1.95 bits per heavy atom. The summed E-state index contributed by atoms with van der Waals surface area (Å²) >= 11 is 2.03. The molecule has 0 atom stereocenters. The normalized spacial score (nSPS) is 10.4. The summed E-state index contributed by atoms with van der Waals surface area (Å²) in [4.78, 5) is 0. The van der Waals surface area contributed by atoms with Gasteiger partial charge in [-0.3, -0.25) is 0 Å². The zero-order valence-corrected chi connectivity index (χ0v) is 13.4. The summed E-state index contributed by atoms with van der Waals surface area (Å²) in [5.74, 6) is -0.556. The fourth-order valence-corrected chi connectivity index (χ4v) is 2.38. The molecule has 110 valence electrons. The highest BCUT2D eigenvalue weighted by Crippen LogP contribution is 2.29. The van der Waals surface area contributed by atoms with Crippen LogP contribution < -0.4 is 10.5 Å². The lowest BCUT2D eigenvalue weighted by Gasteiger charge is -2.12.